The molecule has 126 valence electrons. The molecule has 0 aromatic heterocycles. The summed E-state index contributed by atoms with van der Waals surface area (Å²) in [5.41, 5.74) is 4.04. The Morgan fingerprint density at radius 1 is 1.12 bits per heavy atom. The van der Waals surface area contributed by atoms with Crippen LogP contribution in [0.25, 0.3) is 0 Å². The van der Waals surface area contributed by atoms with Gasteiger partial charge in [-0.1, -0.05) is 68.4 Å². The van der Waals surface area contributed by atoms with E-state index in [-0.39, 0.29) is 5.91 Å². The third-order valence-corrected chi connectivity index (χ3v) is 4.54. The second kappa shape index (κ2) is 7.63. The maximum absolute atomic E-state index is 12.2. The van der Waals surface area contributed by atoms with Crippen LogP contribution in [0.4, 0.5) is 0 Å². The Hall–Kier alpha value is -2.13. The summed E-state index contributed by atoms with van der Waals surface area (Å²) in [6.45, 7) is 7.16. The first kappa shape index (κ1) is 16.7. The van der Waals surface area contributed by atoms with E-state index in [1.165, 1.54) is 16.7 Å². The highest BCUT2D eigenvalue weighted by Gasteiger charge is 2.27. The number of nitrogens with zero attached hydrogens (tertiary/aromatic N) is 1. The van der Waals surface area contributed by atoms with Crippen LogP contribution in [0, 0.1) is 5.92 Å². The Labute approximate surface area is 144 Å². The molecule has 2 aromatic carbocycles. The molecule has 0 aliphatic carbocycles. The smallest absolute Gasteiger partial charge is 0.234 e. The number of nitrogens with one attached hydrogen (secondary N) is 1. The number of benzene rings is 2. The number of rotatable bonds is 5. The van der Waals surface area contributed by atoms with Crippen molar-refractivity contribution >= 4 is 5.91 Å². The molecule has 1 N–H and O–H groups in total. The van der Waals surface area contributed by atoms with Crippen LogP contribution in [0.2, 0.25) is 0 Å². The average molecular weight is 322 g/mol. The van der Waals surface area contributed by atoms with Gasteiger partial charge in [-0.05, 0) is 22.6 Å². The van der Waals surface area contributed by atoms with E-state index in [1.54, 1.807) is 0 Å². The lowest BCUT2D eigenvalue weighted by Crippen LogP contribution is -2.42. The number of carbonyl (C=O) groups excluding carboxylic acids is 1. The third kappa shape index (κ3) is 4.04. The fourth-order valence-corrected chi connectivity index (χ4v) is 3.35. The molecule has 24 heavy (non-hydrogen) atoms. The molecule has 1 aliphatic rings. The lowest BCUT2D eigenvalue weighted by Gasteiger charge is -2.34. The van der Waals surface area contributed by atoms with Crippen LogP contribution in [0.15, 0.2) is 54.6 Å². The van der Waals surface area contributed by atoms with E-state index in [0.29, 0.717) is 18.4 Å². The Balaban J connectivity index is 1.77. The van der Waals surface area contributed by atoms with E-state index in [2.05, 4.69) is 78.7 Å². The summed E-state index contributed by atoms with van der Waals surface area (Å²) in [7, 11) is 0. The van der Waals surface area contributed by atoms with Gasteiger partial charge >= 0.3 is 0 Å². The predicted molar refractivity (Wildman–Crippen MR) is 97.9 cm³/mol. The lowest BCUT2D eigenvalue weighted by atomic mass is 9.84. The van der Waals surface area contributed by atoms with Crippen molar-refractivity contribution in [3.63, 3.8) is 0 Å². The molecule has 0 fully saturated rings. The molecule has 1 atom stereocenters. The summed E-state index contributed by atoms with van der Waals surface area (Å²) in [5.74, 6) is 0.928. The molecule has 0 saturated carbocycles. The van der Waals surface area contributed by atoms with Crippen LogP contribution in [-0.2, 0) is 11.3 Å². The Morgan fingerprint density at radius 3 is 2.58 bits per heavy atom. The van der Waals surface area contributed by atoms with Crippen molar-refractivity contribution in [3.8, 4) is 0 Å². The van der Waals surface area contributed by atoms with E-state index >= 15 is 0 Å². The van der Waals surface area contributed by atoms with E-state index in [1.807, 2.05) is 0 Å². The van der Waals surface area contributed by atoms with Crippen LogP contribution < -0.4 is 5.32 Å². The molecule has 1 heterocycles. The number of hydrogen-bond donors (Lipinski definition) is 1. The zero-order valence-electron chi connectivity index (χ0n) is 14.5. The molecule has 0 spiro atoms. The van der Waals surface area contributed by atoms with Crippen LogP contribution in [-0.4, -0.2) is 30.4 Å². The second-order valence-corrected chi connectivity index (χ2v) is 7.03. The molecule has 0 radical (unpaired) electrons. The SMILES string of the molecule is CC(C)CNC(=O)CN1Cc2ccccc2C(c2ccccc2)C1. The average Bonchev–Trinajstić information content (AvgIpc) is 2.60. The summed E-state index contributed by atoms with van der Waals surface area (Å²) < 4.78 is 0. The molecule has 1 unspecified atom stereocenters. The minimum absolute atomic E-state index is 0.120. The van der Waals surface area contributed by atoms with Crippen molar-refractivity contribution in [2.24, 2.45) is 5.92 Å². The number of carbonyl (C=O) groups is 1. The van der Waals surface area contributed by atoms with Gasteiger partial charge in [0.2, 0.25) is 5.91 Å². The van der Waals surface area contributed by atoms with Gasteiger partial charge in [-0.2, -0.15) is 0 Å². The van der Waals surface area contributed by atoms with Crippen LogP contribution in [0.3, 0.4) is 0 Å². The topological polar surface area (TPSA) is 32.3 Å². The van der Waals surface area contributed by atoms with Gasteiger partial charge in [0.15, 0.2) is 0 Å². The number of hydrogen-bond acceptors (Lipinski definition) is 2. The molecule has 3 heteroatoms. The lowest BCUT2D eigenvalue weighted by molar-refractivity contribution is -0.122. The van der Waals surface area contributed by atoms with Gasteiger partial charge in [-0.3, -0.25) is 9.69 Å². The first-order valence-electron chi connectivity index (χ1n) is 8.75. The molecular formula is C21H26N2O. The van der Waals surface area contributed by atoms with E-state index in [0.717, 1.165) is 19.6 Å². The van der Waals surface area contributed by atoms with Crippen LogP contribution in [0.5, 0.6) is 0 Å². The maximum atomic E-state index is 12.2. The predicted octanol–water partition coefficient (Wildman–Crippen LogP) is 3.41. The van der Waals surface area contributed by atoms with Crippen molar-refractivity contribution in [3.05, 3.63) is 71.3 Å². The molecular weight excluding hydrogens is 296 g/mol. The normalized spacial score (nSPS) is 17.5. The quantitative estimate of drug-likeness (QED) is 0.915. The zero-order valence-corrected chi connectivity index (χ0v) is 14.5. The summed E-state index contributed by atoms with van der Waals surface area (Å²) in [4.78, 5) is 14.5. The van der Waals surface area contributed by atoms with E-state index < -0.39 is 0 Å². The van der Waals surface area contributed by atoms with Gasteiger partial charge in [0.25, 0.3) is 0 Å². The zero-order chi connectivity index (χ0) is 16.9. The highest BCUT2D eigenvalue weighted by atomic mass is 16.2. The van der Waals surface area contributed by atoms with Gasteiger partial charge in [0.05, 0.1) is 6.54 Å². The summed E-state index contributed by atoms with van der Waals surface area (Å²) in [5, 5.41) is 3.03. The van der Waals surface area contributed by atoms with Crippen molar-refractivity contribution in [1.29, 1.82) is 0 Å². The second-order valence-electron chi connectivity index (χ2n) is 7.03. The van der Waals surface area contributed by atoms with Crippen molar-refractivity contribution in [2.75, 3.05) is 19.6 Å². The van der Waals surface area contributed by atoms with Gasteiger partial charge in [0, 0.05) is 25.6 Å². The van der Waals surface area contributed by atoms with Gasteiger partial charge in [-0.25, -0.2) is 0 Å². The fourth-order valence-electron chi connectivity index (χ4n) is 3.35. The first-order valence-corrected chi connectivity index (χ1v) is 8.75. The molecule has 3 rings (SSSR count). The monoisotopic (exact) mass is 322 g/mol. The Kier molecular flexibility index (Phi) is 5.31. The largest absolute Gasteiger partial charge is 0.355 e. The van der Waals surface area contributed by atoms with Crippen molar-refractivity contribution < 1.29 is 4.79 Å². The molecule has 1 amide bonds. The summed E-state index contributed by atoms with van der Waals surface area (Å²) in [6.07, 6.45) is 0. The summed E-state index contributed by atoms with van der Waals surface area (Å²) in [6, 6.07) is 19.2. The standard InChI is InChI=1S/C21H26N2O/c1-16(2)12-22-21(24)15-23-13-18-10-6-7-11-19(18)20(14-23)17-8-4-3-5-9-17/h3-11,16,20H,12-15H2,1-2H3,(H,22,24). The highest BCUT2D eigenvalue weighted by molar-refractivity contribution is 5.78. The number of amides is 1. The van der Waals surface area contributed by atoms with Crippen LogP contribution in [0.1, 0.15) is 36.5 Å². The molecule has 1 aliphatic heterocycles. The van der Waals surface area contributed by atoms with Crippen molar-refractivity contribution in [1.82, 2.24) is 10.2 Å². The first-order chi connectivity index (χ1) is 11.6. The van der Waals surface area contributed by atoms with E-state index in [9.17, 15) is 4.79 Å². The summed E-state index contributed by atoms with van der Waals surface area (Å²) >= 11 is 0. The van der Waals surface area contributed by atoms with E-state index in [4.69, 9.17) is 0 Å². The molecule has 0 saturated heterocycles. The minimum atomic E-state index is 0.120. The number of fused-ring (bicyclic) bond motifs is 1. The molecule has 2 aromatic rings. The fraction of sp³-hybridized carbons (Fsp3) is 0.381. The van der Waals surface area contributed by atoms with Crippen LogP contribution >= 0.6 is 0 Å². The highest BCUT2D eigenvalue weighted by Crippen LogP contribution is 2.33. The Morgan fingerprint density at radius 2 is 1.83 bits per heavy atom. The Bertz CT molecular complexity index is 681. The maximum Gasteiger partial charge on any atom is 0.234 e. The van der Waals surface area contributed by atoms with Gasteiger partial charge in [0.1, 0.15) is 0 Å². The van der Waals surface area contributed by atoms with Gasteiger partial charge < -0.3 is 5.32 Å². The van der Waals surface area contributed by atoms with Crippen molar-refractivity contribution in [2.45, 2.75) is 26.3 Å². The van der Waals surface area contributed by atoms with Gasteiger partial charge in [-0.15, -0.1) is 0 Å². The molecule has 3 nitrogen and oxygen atoms in total. The molecule has 0 bridgehead atoms. The minimum Gasteiger partial charge on any atom is -0.355 e. The third-order valence-electron chi connectivity index (χ3n) is 4.54.